The van der Waals surface area contributed by atoms with Gasteiger partial charge in [0.1, 0.15) is 0 Å². The molecule has 27 heavy (non-hydrogen) atoms. The van der Waals surface area contributed by atoms with Crippen LogP contribution in [-0.4, -0.2) is 52.4 Å². The Labute approximate surface area is 162 Å². The molecule has 5 heteroatoms. The molecule has 1 aliphatic rings. The van der Waals surface area contributed by atoms with Crippen LogP contribution < -0.4 is 19.5 Å². The van der Waals surface area contributed by atoms with Gasteiger partial charge in [0, 0.05) is 26.2 Å². The second-order valence-corrected chi connectivity index (χ2v) is 7.01. The predicted molar refractivity (Wildman–Crippen MR) is 108 cm³/mol. The molecule has 0 saturated carbocycles. The third-order valence-electron chi connectivity index (χ3n) is 5.24. The number of benzene rings is 2. The van der Waals surface area contributed by atoms with Gasteiger partial charge in [0.2, 0.25) is 5.75 Å². The SMILES string of the molecule is COc1cc(C(c2ccc(C)cc2C)N2CCNCC2)cc(OC)c1OC. The van der Waals surface area contributed by atoms with Crippen molar-refractivity contribution in [3.05, 3.63) is 52.6 Å². The normalized spacial score (nSPS) is 16.0. The second-order valence-electron chi connectivity index (χ2n) is 7.01. The summed E-state index contributed by atoms with van der Waals surface area (Å²) in [5, 5.41) is 3.45. The Morgan fingerprint density at radius 1 is 0.889 bits per heavy atom. The van der Waals surface area contributed by atoms with Gasteiger partial charge in [-0.25, -0.2) is 0 Å². The van der Waals surface area contributed by atoms with E-state index in [1.54, 1.807) is 21.3 Å². The van der Waals surface area contributed by atoms with Gasteiger partial charge in [0.15, 0.2) is 11.5 Å². The van der Waals surface area contributed by atoms with E-state index in [-0.39, 0.29) is 6.04 Å². The van der Waals surface area contributed by atoms with E-state index in [2.05, 4.69) is 54.4 Å². The molecule has 1 N–H and O–H groups in total. The number of nitrogens with zero attached hydrogens (tertiary/aromatic N) is 1. The van der Waals surface area contributed by atoms with Crippen molar-refractivity contribution in [2.24, 2.45) is 0 Å². The van der Waals surface area contributed by atoms with Crippen molar-refractivity contribution >= 4 is 0 Å². The van der Waals surface area contributed by atoms with Gasteiger partial charge in [-0.2, -0.15) is 0 Å². The summed E-state index contributed by atoms with van der Waals surface area (Å²) < 4.78 is 16.7. The standard InChI is InChI=1S/C22H30N2O3/c1-15-6-7-18(16(2)12-15)21(24-10-8-23-9-11-24)17-13-19(25-3)22(27-5)20(14-17)26-4/h6-7,12-14,21,23H,8-11H2,1-5H3. The quantitative estimate of drug-likeness (QED) is 0.845. The molecule has 2 aromatic carbocycles. The third-order valence-corrected chi connectivity index (χ3v) is 5.24. The van der Waals surface area contributed by atoms with Crippen LogP contribution in [0.1, 0.15) is 28.3 Å². The summed E-state index contributed by atoms with van der Waals surface area (Å²) in [4.78, 5) is 2.52. The number of hydrogen-bond donors (Lipinski definition) is 1. The lowest BCUT2D eigenvalue weighted by atomic mass is 9.91. The molecule has 0 aliphatic carbocycles. The van der Waals surface area contributed by atoms with E-state index in [1.807, 2.05) is 0 Å². The van der Waals surface area contributed by atoms with Crippen LogP contribution in [0.2, 0.25) is 0 Å². The zero-order chi connectivity index (χ0) is 19.4. The van der Waals surface area contributed by atoms with Gasteiger partial charge in [-0.3, -0.25) is 4.90 Å². The summed E-state index contributed by atoms with van der Waals surface area (Å²) in [6, 6.07) is 11.0. The average molecular weight is 370 g/mol. The van der Waals surface area contributed by atoms with E-state index >= 15 is 0 Å². The van der Waals surface area contributed by atoms with Crippen LogP contribution >= 0.6 is 0 Å². The first-order valence-corrected chi connectivity index (χ1v) is 9.40. The highest BCUT2D eigenvalue weighted by molar-refractivity contribution is 5.56. The Bertz CT molecular complexity index is 760. The van der Waals surface area contributed by atoms with E-state index in [9.17, 15) is 0 Å². The summed E-state index contributed by atoms with van der Waals surface area (Å²) in [5.74, 6) is 2.01. The minimum Gasteiger partial charge on any atom is -0.493 e. The van der Waals surface area contributed by atoms with E-state index in [4.69, 9.17) is 14.2 Å². The number of hydrogen-bond acceptors (Lipinski definition) is 5. The molecule has 2 aromatic rings. The van der Waals surface area contributed by atoms with Crippen LogP contribution in [0.5, 0.6) is 17.2 Å². The van der Waals surface area contributed by atoms with Gasteiger partial charge in [-0.05, 0) is 42.7 Å². The Morgan fingerprint density at radius 2 is 1.52 bits per heavy atom. The van der Waals surface area contributed by atoms with Gasteiger partial charge < -0.3 is 19.5 Å². The fraction of sp³-hybridized carbons (Fsp3) is 0.455. The zero-order valence-corrected chi connectivity index (χ0v) is 17.0. The lowest BCUT2D eigenvalue weighted by Crippen LogP contribution is -2.45. The van der Waals surface area contributed by atoms with Crippen molar-refractivity contribution in [3.8, 4) is 17.2 Å². The van der Waals surface area contributed by atoms with Crippen molar-refractivity contribution in [1.29, 1.82) is 0 Å². The molecule has 1 fully saturated rings. The molecule has 1 heterocycles. The molecular formula is C22H30N2O3. The number of rotatable bonds is 6. The van der Waals surface area contributed by atoms with Gasteiger partial charge in [0.25, 0.3) is 0 Å². The number of methoxy groups -OCH3 is 3. The summed E-state index contributed by atoms with van der Waals surface area (Å²) in [6.07, 6.45) is 0. The number of ether oxygens (including phenoxy) is 3. The number of nitrogens with one attached hydrogen (secondary N) is 1. The minimum atomic E-state index is 0.140. The molecule has 3 rings (SSSR count). The fourth-order valence-corrected chi connectivity index (χ4v) is 3.92. The van der Waals surface area contributed by atoms with Crippen molar-refractivity contribution in [1.82, 2.24) is 10.2 Å². The van der Waals surface area contributed by atoms with E-state index in [0.717, 1.165) is 31.7 Å². The van der Waals surface area contributed by atoms with Crippen LogP contribution in [0.4, 0.5) is 0 Å². The van der Waals surface area contributed by atoms with E-state index < -0.39 is 0 Å². The van der Waals surface area contributed by atoms with Gasteiger partial charge in [0.05, 0.1) is 27.4 Å². The van der Waals surface area contributed by atoms with Crippen LogP contribution in [0.25, 0.3) is 0 Å². The summed E-state index contributed by atoms with van der Waals surface area (Å²) >= 11 is 0. The topological polar surface area (TPSA) is 43.0 Å². The van der Waals surface area contributed by atoms with Gasteiger partial charge in [-0.1, -0.05) is 23.8 Å². The Morgan fingerprint density at radius 3 is 2.04 bits per heavy atom. The molecule has 1 aliphatic heterocycles. The van der Waals surface area contributed by atoms with Gasteiger partial charge >= 0.3 is 0 Å². The van der Waals surface area contributed by atoms with Crippen molar-refractivity contribution < 1.29 is 14.2 Å². The van der Waals surface area contributed by atoms with Gasteiger partial charge in [-0.15, -0.1) is 0 Å². The summed E-state index contributed by atoms with van der Waals surface area (Å²) in [6.45, 7) is 8.30. The molecule has 146 valence electrons. The summed E-state index contributed by atoms with van der Waals surface area (Å²) in [7, 11) is 4.97. The molecule has 5 nitrogen and oxygen atoms in total. The highest BCUT2D eigenvalue weighted by atomic mass is 16.5. The van der Waals surface area contributed by atoms with Crippen molar-refractivity contribution in [2.75, 3.05) is 47.5 Å². The molecule has 1 unspecified atom stereocenters. The molecule has 1 saturated heterocycles. The van der Waals surface area contributed by atoms with Crippen molar-refractivity contribution in [3.63, 3.8) is 0 Å². The smallest absolute Gasteiger partial charge is 0.203 e. The zero-order valence-electron chi connectivity index (χ0n) is 17.0. The molecular weight excluding hydrogens is 340 g/mol. The average Bonchev–Trinajstić information content (AvgIpc) is 2.69. The summed E-state index contributed by atoms with van der Waals surface area (Å²) in [5.41, 5.74) is 5.04. The molecule has 0 amide bonds. The molecule has 1 atom stereocenters. The van der Waals surface area contributed by atoms with Crippen LogP contribution in [0.3, 0.4) is 0 Å². The Balaban J connectivity index is 2.15. The lowest BCUT2D eigenvalue weighted by Gasteiger charge is -2.36. The number of aryl methyl sites for hydroxylation is 2. The van der Waals surface area contributed by atoms with Crippen LogP contribution in [-0.2, 0) is 0 Å². The lowest BCUT2D eigenvalue weighted by molar-refractivity contribution is 0.197. The highest BCUT2D eigenvalue weighted by Crippen LogP contribution is 2.42. The largest absolute Gasteiger partial charge is 0.493 e. The van der Waals surface area contributed by atoms with Crippen molar-refractivity contribution in [2.45, 2.75) is 19.9 Å². The van der Waals surface area contributed by atoms with E-state index in [1.165, 1.54) is 16.7 Å². The maximum atomic E-state index is 5.61. The Kier molecular flexibility index (Phi) is 6.24. The van der Waals surface area contributed by atoms with Crippen LogP contribution in [0.15, 0.2) is 30.3 Å². The third kappa shape index (κ3) is 4.04. The maximum absolute atomic E-state index is 5.61. The molecule has 0 spiro atoms. The predicted octanol–water partition coefficient (Wildman–Crippen LogP) is 3.32. The first-order valence-electron chi connectivity index (χ1n) is 9.40. The van der Waals surface area contributed by atoms with Crippen LogP contribution in [0, 0.1) is 13.8 Å². The fourth-order valence-electron chi connectivity index (χ4n) is 3.92. The Hall–Kier alpha value is -2.24. The highest BCUT2D eigenvalue weighted by Gasteiger charge is 2.27. The number of piperazine rings is 1. The molecule has 0 bridgehead atoms. The molecule has 0 radical (unpaired) electrons. The first-order chi connectivity index (χ1) is 13.1. The first kappa shape index (κ1) is 19.5. The second kappa shape index (κ2) is 8.63. The maximum Gasteiger partial charge on any atom is 0.203 e. The molecule has 0 aromatic heterocycles. The van der Waals surface area contributed by atoms with E-state index in [0.29, 0.717) is 17.2 Å². The monoisotopic (exact) mass is 370 g/mol. The minimum absolute atomic E-state index is 0.140.